The van der Waals surface area contributed by atoms with E-state index < -0.39 is 0 Å². The standard InChI is InChI=1S/C26H31NO4/c1-15-10-20-21(8-9-22(29-5)26(20)23(11-15)30-6)27-16(2)12-18-13-19(28-4)14-24(31-7)25(18)17(27)3/h8-11,13-14,16-17H,12H2,1-7H3/p+1. The monoisotopic (exact) mass is 422 g/mol. The number of aryl methyl sites for hydroxylation is 1. The number of methoxy groups -OCH3 is 4. The van der Waals surface area contributed by atoms with Gasteiger partial charge in [0.05, 0.1) is 50.8 Å². The second-order valence-electron chi connectivity index (χ2n) is 8.39. The molecule has 164 valence electrons. The Morgan fingerprint density at radius 1 is 0.806 bits per heavy atom. The first-order valence-electron chi connectivity index (χ1n) is 10.7. The van der Waals surface area contributed by atoms with Crippen LogP contribution in [0.25, 0.3) is 10.8 Å². The molecule has 0 saturated heterocycles. The number of ether oxygens (including phenoxy) is 4. The van der Waals surface area contributed by atoms with E-state index in [1.54, 1.807) is 28.4 Å². The number of quaternary nitrogens is 1. The van der Waals surface area contributed by atoms with Gasteiger partial charge in [0.2, 0.25) is 0 Å². The summed E-state index contributed by atoms with van der Waals surface area (Å²) in [6.07, 6.45) is 0.943. The number of rotatable bonds is 5. The van der Waals surface area contributed by atoms with Crippen molar-refractivity contribution in [1.82, 2.24) is 0 Å². The first-order chi connectivity index (χ1) is 14.9. The van der Waals surface area contributed by atoms with E-state index in [2.05, 4.69) is 51.1 Å². The van der Waals surface area contributed by atoms with Gasteiger partial charge in [-0.25, -0.2) is 0 Å². The molecule has 4 rings (SSSR count). The van der Waals surface area contributed by atoms with Gasteiger partial charge in [0.25, 0.3) is 0 Å². The third-order valence-electron chi connectivity index (χ3n) is 6.55. The summed E-state index contributed by atoms with van der Waals surface area (Å²) in [5.74, 6) is 3.40. The molecule has 1 aliphatic rings. The van der Waals surface area contributed by atoms with E-state index >= 15 is 0 Å². The van der Waals surface area contributed by atoms with Crippen molar-refractivity contribution in [3.8, 4) is 23.0 Å². The van der Waals surface area contributed by atoms with Crippen LogP contribution >= 0.6 is 0 Å². The molecular weight excluding hydrogens is 390 g/mol. The second-order valence-corrected chi connectivity index (χ2v) is 8.39. The maximum atomic E-state index is 5.79. The van der Waals surface area contributed by atoms with Crippen molar-refractivity contribution in [2.24, 2.45) is 0 Å². The van der Waals surface area contributed by atoms with Gasteiger partial charge in [0.1, 0.15) is 34.7 Å². The highest BCUT2D eigenvalue weighted by molar-refractivity contribution is 6.00. The van der Waals surface area contributed by atoms with E-state index in [4.69, 9.17) is 18.9 Å². The molecule has 0 bridgehead atoms. The Bertz CT molecular complexity index is 1120. The molecule has 3 aromatic carbocycles. The van der Waals surface area contributed by atoms with Gasteiger partial charge in [-0.05, 0) is 56.2 Å². The third kappa shape index (κ3) is 3.47. The maximum absolute atomic E-state index is 5.79. The zero-order chi connectivity index (χ0) is 22.3. The molecular formula is C26H32NO4+. The lowest BCUT2D eigenvalue weighted by Gasteiger charge is -2.38. The molecule has 1 aliphatic heterocycles. The highest BCUT2D eigenvalue weighted by Crippen LogP contribution is 2.40. The van der Waals surface area contributed by atoms with Gasteiger partial charge >= 0.3 is 0 Å². The number of fused-ring (bicyclic) bond motifs is 2. The summed E-state index contributed by atoms with van der Waals surface area (Å²) in [4.78, 5) is 1.41. The Morgan fingerprint density at radius 3 is 2.16 bits per heavy atom. The van der Waals surface area contributed by atoms with Crippen molar-refractivity contribution < 1.29 is 23.8 Å². The smallest absolute Gasteiger partial charge is 0.140 e. The van der Waals surface area contributed by atoms with Crippen molar-refractivity contribution in [3.05, 3.63) is 53.1 Å². The van der Waals surface area contributed by atoms with Crippen LogP contribution < -0.4 is 23.8 Å². The van der Waals surface area contributed by atoms with Gasteiger partial charge in [0.15, 0.2) is 0 Å². The molecule has 0 aromatic heterocycles. The topological polar surface area (TPSA) is 41.4 Å². The van der Waals surface area contributed by atoms with Crippen LogP contribution in [0, 0.1) is 6.92 Å². The molecule has 1 N–H and O–H groups in total. The summed E-state index contributed by atoms with van der Waals surface area (Å²) in [6.45, 7) is 6.69. The lowest BCUT2D eigenvalue weighted by Crippen LogP contribution is -3.12. The normalized spacial score (nSPS) is 20.3. The number of nitrogens with one attached hydrogen (secondary N) is 1. The minimum Gasteiger partial charge on any atom is -0.497 e. The van der Waals surface area contributed by atoms with E-state index in [1.165, 1.54) is 32.7 Å². The van der Waals surface area contributed by atoms with Gasteiger partial charge in [-0.1, -0.05) is 0 Å². The lowest BCUT2D eigenvalue weighted by atomic mass is 9.87. The summed E-state index contributed by atoms with van der Waals surface area (Å²) in [5.41, 5.74) is 4.96. The predicted molar refractivity (Wildman–Crippen MR) is 124 cm³/mol. The minimum absolute atomic E-state index is 0.211. The second kappa shape index (κ2) is 8.31. The van der Waals surface area contributed by atoms with Gasteiger partial charge < -0.3 is 18.9 Å². The van der Waals surface area contributed by atoms with Crippen LogP contribution in [-0.2, 0) is 6.42 Å². The van der Waals surface area contributed by atoms with Crippen LogP contribution in [0.1, 0.15) is 36.6 Å². The van der Waals surface area contributed by atoms with Crippen LogP contribution in [0.2, 0.25) is 0 Å². The molecule has 3 atom stereocenters. The van der Waals surface area contributed by atoms with Crippen LogP contribution in [0.5, 0.6) is 23.0 Å². The maximum Gasteiger partial charge on any atom is 0.140 e. The quantitative estimate of drug-likeness (QED) is 0.662. The van der Waals surface area contributed by atoms with E-state index in [1.807, 2.05) is 6.07 Å². The average molecular weight is 423 g/mol. The van der Waals surface area contributed by atoms with Crippen molar-refractivity contribution in [2.75, 3.05) is 28.4 Å². The Balaban J connectivity index is 1.94. The number of hydrogen-bond acceptors (Lipinski definition) is 4. The molecule has 0 saturated carbocycles. The molecule has 0 aliphatic carbocycles. The highest BCUT2D eigenvalue weighted by atomic mass is 16.5. The summed E-state index contributed by atoms with van der Waals surface area (Å²) < 4.78 is 22.7. The molecule has 3 aromatic rings. The molecule has 0 spiro atoms. The van der Waals surface area contributed by atoms with Gasteiger partial charge in [0, 0.05) is 18.6 Å². The fourth-order valence-corrected chi connectivity index (χ4v) is 5.26. The van der Waals surface area contributed by atoms with E-state index in [0.717, 1.165) is 34.8 Å². The molecule has 0 amide bonds. The van der Waals surface area contributed by atoms with Crippen LogP contribution in [-0.4, -0.2) is 34.5 Å². The molecule has 0 radical (unpaired) electrons. The molecule has 0 fully saturated rings. The Hall–Kier alpha value is -2.92. The predicted octanol–water partition coefficient (Wildman–Crippen LogP) is 4.40. The Morgan fingerprint density at radius 2 is 1.52 bits per heavy atom. The molecule has 5 heteroatoms. The largest absolute Gasteiger partial charge is 0.497 e. The van der Waals surface area contributed by atoms with E-state index in [9.17, 15) is 0 Å². The van der Waals surface area contributed by atoms with Crippen LogP contribution in [0.4, 0.5) is 5.69 Å². The molecule has 1 heterocycles. The van der Waals surface area contributed by atoms with Crippen molar-refractivity contribution in [3.63, 3.8) is 0 Å². The van der Waals surface area contributed by atoms with Crippen molar-refractivity contribution in [1.29, 1.82) is 0 Å². The fraction of sp³-hybridized carbons (Fsp3) is 0.385. The third-order valence-corrected chi connectivity index (χ3v) is 6.55. The van der Waals surface area contributed by atoms with E-state index in [-0.39, 0.29) is 6.04 Å². The van der Waals surface area contributed by atoms with Crippen LogP contribution in [0.3, 0.4) is 0 Å². The van der Waals surface area contributed by atoms with Crippen molar-refractivity contribution >= 4 is 16.5 Å². The summed E-state index contributed by atoms with van der Waals surface area (Å²) in [6, 6.07) is 13.3. The first-order valence-corrected chi connectivity index (χ1v) is 10.7. The minimum atomic E-state index is 0.211. The Kier molecular flexibility index (Phi) is 5.71. The summed E-state index contributed by atoms with van der Waals surface area (Å²) in [7, 11) is 6.86. The molecule has 3 unspecified atom stereocenters. The first kappa shape index (κ1) is 21.3. The zero-order valence-corrected chi connectivity index (χ0v) is 19.5. The highest BCUT2D eigenvalue weighted by Gasteiger charge is 2.38. The SMILES string of the molecule is COc1cc2c(c(OC)c1)C(C)[NH+](c1ccc(OC)c3c(OC)cc(C)cc13)C(C)C2. The fourth-order valence-electron chi connectivity index (χ4n) is 5.26. The molecule has 5 nitrogen and oxygen atoms in total. The van der Waals surface area contributed by atoms with Gasteiger partial charge in [-0.3, -0.25) is 4.90 Å². The summed E-state index contributed by atoms with van der Waals surface area (Å²) in [5, 5.41) is 2.19. The van der Waals surface area contributed by atoms with Crippen LogP contribution in [0.15, 0.2) is 36.4 Å². The average Bonchev–Trinajstić information content (AvgIpc) is 2.77. The number of hydrogen-bond donors (Lipinski definition) is 1. The summed E-state index contributed by atoms with van der Waals surface area (Å²) >= 11 is 0. The van der Waals surface area contributed by atoms with Gasteiger partial charge in [-0.2, -0.15) is 0 Å². The van der Waals surface area contributed by atoms with Gasteiger partial charge in [-0.15, -0.1) is 0 Å². The van der Waals surface area contributed by atoms with E-state index in [0.29, 0.717) is 6.04 Å². The number of benzene rings is 3. The van der Waals surface area contributed by atoms with Crippen molar-refractivity contribution in [2.45, 2.75) is 39.3 Å². The molecule has 31 heavy (non-hydrogen) atoms. The zero-order valence-electron chi connectivity index (χ0n) is 19.5. The Labute approximate surface area is 184 Å². The lowest BCUT2D eigenvalue weighted by molar-refractivity contribution is -0.891.